The van der Waals surface area contributed by atoms with Gasteiger partial charge in [0.15, 0.2) is 0 Å². The van der Waals surface area contributed by atoms with E-state index in [4.69, 9.17) is 6.42 Å². The Morgan fingerprint density at radius 2 is 2.06 bits per heavy atom. The van der Waals surface area contributed by atoms with E-state index >= 15 is 0 Å². The highest BCUT2D eigenvalue weighted by atomic mass is 15.1. The molecule has 0 aromatic rings. The molecule has 1 aliphatic heterocycles. The van der Waals surface area contributed by atoms with Crippen LogP contribution in [0.3, 0.4) is 0 Å². The normalized spacial score (nSPS) is 19.6. The third-order valence-electron chi connectivity index (χ3n) is 3.48. The average molecular weight is 222 g/mol. The number of terminal acetylenes is 1. The minimum absolute atomic E-state index is 0.342. The topological polar surface area (TPSA) is 15.3 Å². The van der Waals surface area contributed by atoms with Crippen molar-refractivity contribution in [1.29, 1.82) is 0 Å². The van der Waals surface area contributed by atoms with Crippen LogP contribution in [0.2, 0.25) is 0 Å². The third-order valence-corrected chi connectivity index (χ3v) is 3.48. The summed E-state index contributed by atoms with van der Waals surface area (Å²) < 4.78 is 0. The van der Waals surface area contributed by atoms with Crippen molar-refractivity contribution < 1.29 is 0 Å². The lowest BCUT2D eigenvalue weighted by Gasteiger charge is -2.33. The summed E-state index contributed by atoms with van der Waals surface area (Å²) in [7, 11) is 0. The summed E-state index contributed by atoms with van der Waals surface area (Å²) in [5, 5.41) is 3.42. The first-order chi connectivity index (χ1) is 7.81. The minimum Gasteiger partial charge on any atom is -0.317 e. The van der Waals surface area contributed by atoms with Gasteiger partial charge in [0.05, 0.1) is 6.04 Å². The summed E-state index contributed by atoms with van der Waals surface area (Å²) in [5.74, 6) is 3.78. The van der Waals surface area contributed by atoms with Gasteiger partial charge in [-0.25, -0.2) is 0 Å². The van der Waals surface area contributed by atoms with Gasteiger partial charge in [-0.2, -0.15) is 0 Å². The molecule has 0 bridgehead atoms. The second-order valence-electron chi connectivity index (χ2n) is 4.78. The van der Waals surface area contributed by atoms with Crippen molar-refractivity contribution in [3.63, 3.8) is 0 Å². The highest BCUT2D eigenvalue weighted by Crippen LogP contribution is 2.16. The van der Waals surface area contributed by atoms with Gasteiger partial charge in [0.2, 0.25) is 0 Å². The molecule has 0 spiro atoms. The minimum atomic E-state index is 0.342. The zero-order valence-corrected chi connectivity index (χ0v) is 10.8. The van der Waals surface area contributed by atoms with E-state index in [1.165, 1.54) is 38.9 Å². The molecular weight excluding hydrogens is 196 g/mol. The predicted octanol–water partition coefficient (Wildman–Crippen LogP) is 2.11. The molecule has 0 radical (unpaired) electrons. The quantitative estimate of drug-likeness (QED) is 0.693. The van der Waals surface area contributed by atoms with Crippen molar-refractivity contribution in [1.82, 2.24) is 10.2 Å². The summed E-state index contributed by atoms with van der Waals surface area (Å²) in [6.07, 6.45) is 10.5. The molecule has 0 aromatic heterocycles. The van der Waals surface area contributed by atoms with Crippen molar-refractivity contribution in [3.05, 3.63) is 0 Å². The SMILES string of the molecule is C#CC(CC)N(CCC)CC1CCNCC1. The van der Waals surface area contributed by atoms with E-state index in [-0.39, 0.29) is 0 Å². The maximum absolute atomic E-state index is 5.62. The highest BCUT2D eigenvalue weighted by Gasteiger charge is 2.20. The maximum Gasteiger partial charge on any atom is 0.0709 e. The Balaban J connectivity index is 2.45. The largest absolute Gasteiger partial charge is 0.317 e. The van der Waals surface area contributed by atoms with Gasteiger partial charge in [0.25, 0.3) is 0 Å². The van der Waals surface area contributed by atoms with E-state index in [0.29, 0.717) is 6.04 Å². The van der Waals surface area contributed by atoms with Crippen LogP contribution >= 0.6 is 0 Å². The molecule has 16 heavy (non-hydrogen) atoms. The molecule has 1 unspecified atom stereocenters. The van der Waals surface area contributed by atoms with E-state index in [1.54, 1.807) is 0 Å². The zero-order valence-electron chi connectivity index (χ0n) is 10.8. The van der Waals surface area contributed by atoms with Gasteiger partial charge in [0, 0.05) is 6.54 Å². The molecule has 1 fully saturated rings. The molecule has 1 N–H and O–H groups in total. The molecule has 1 atom stereocenters. The fraction of sp³-hybridized carbons (Fsp3) is 0.857. The van der Waals surface area contributed by atoms with E-state index in [0.717, 1.165) is 18.9 Å². The number of nitrogens with zero attached hydrogens (tertiary/aromatic N) is 1. The van der Waals surface area contributed by atoms with Crippen molar-refractivity contribution in [2.75, 3.05) is 26.2 Å². The first-order valence-electron chi connectivity index (χ1n) is 6.72. The molecule has 2 heteroatoms. The van der Waals surface area contributed by atoms with Gasteiger partial charge in [-0.3, -0.25) is 4.90 Å². The number of rotatable bonds is 6. The van der Waals surface area contributed by atoms with Crippen LogP contribution in [0.15, 0.2) is 0 Å². The third kappa shape index (κ3) is 4.15. The predicted molar refractivity (Wildman–Crippen MR) is 70.4 cm³/mol. The Labute approximate surface area is 101 Å². The van der Waals surface area contributed by atoms with Crippen LogP contribution in [0.4, 0.5) is 0 Å². The second kappa shape index (κ2) is 7.70. The molecule has 0 aliphatic carbocycles. The second-order valence-corrected chi connectivity index (χ2v) is 4.78. The Kier molecular flexibility index (Phi) is 6.52. The average Bonchev–Trinajstić information content (AvgIpc) is 2.32. The Hall–Kier alpha value is -0.520. The monoisotopic (exact) mass is 222 g/mol. The zero-order chi connectivity index (χ0) is 11.8. The molecule has 1 saturated heterocycles. The van der Waals surface area contributed by atoms with Crippen molar-refractivity contribution >= 4 is 0 Å². The number of nitrogens with one attached hydrogen (secondary N) is 1. The van der Waals surface area contributed by atoms with Gasteiger partial charge < -0.3 is 5.32 Å². The first-order valence-corrected chi connectivity index (χ1v) is 6.72. The van der Waals surface area contributed by atoms with Crippen LogP contribution in [0.1, 0.15) is 39.5 Å². The first kappa shape index (κ1) is 13.5. The van der Waals surface area contributed by atoms with Gasteiger partial charge in [-0.05, 0) is 51.2 Å². The molecule has 2 nitrogen and oxygen atoms in total. The molecule has 92 valence electrons. The fourth-order valence-electron chi connectivity index (χ4n) is 2.54. The maximum atomic E-state index is 5.62. The highest BCUT2D eigenvalue weighted by molar-refractivity contribution is 4.99. The van der Waals surface area contributed by atoms with E-state index in [9.17, 15) is 0 Å². The lowest BCUT2D eigenvalue weighted by atomic mass is 9.96. The summed E-state index contributed by atoms with van der Waals surface area (Å²) in [6.45, 7) is 9.12. The van der Waals surface area contributed by atoms with Crippen LogP contribution in [-0.2, 0) is 0 Å². The lowest BCUT2D eigenvalue weighted by Crippen LogP contribution is -2.41. The molecule has 0 amide bonds. The summed E-state index contributed by atoms with van der Waals surface area (Å²) in [6, 6.07) is 0.342. The van der Waals surface area contributed by atoms with Gasteiger partial charge in [0.1, 0.15) is 0 Å². The summed E-state index contributed by atoms with van der Waals surface area (Å²) in [5.41, 5.74) is 0. The Morgan fingerprint density at radius 1 is 1.38 bits per heavy atom. The van der Waals surface area contributed by atoms with Crippen LogP contribution < -0.4 is 5.32 Å². The van der Waals surface area contributed by atoms with Crippen molar-refractivity contribution in [3.8, 4) is 12.3 Å². The van der Waals surface area contributed by atoms with Crippen molar-refractivity contribution in [2.45, 2.75) is 45.6 Å². The fourth-order valence-corrected chi connectivity index (χ4v) is 2.54. The van der Waals surface area contributed by atoms with Crippen LogP contribution in [0.5, 0.6) is 0 Å². The van der Waals surface area contributed by atoms with Crippen LogP contribution in [0, 0.1) is 18.3 Å². The number of piperidine rings is 1. The Bertz CT molecular complexity index is 213. The van der Waals surface area contributed by atoms with E-state index in [2.05, 4.69) is 30.0 Å². The van der Waals surface area contributed by atoms with Gasteiger partial charge in [-0.15, -0.1) is 6.42 Å². The molecular formula is C14H26N2. The van der Waals surface area contributed by atoms with E-state index in [1.807, 2.05) is 0 Å². The lowest BCUT2D eigenvalue weighted by molar-refractivity contribution is 0.176. The van der Waals surface area contributed by atoms with Crippen molar-refractivity contribution in [2.24, 2.45) is 5.92 Å². The van der Waals surface area contributed by atoms with Crippen LogP contribution in [-0.4, -0.2) is 37.1 Å². The smallest absolute Gasteiger partial charge is 0.0709 e. The van der Waals surface area contributed by atoms with Gasteiger partial charge in [-0.1, -0.05) is 19.8 Å². The van der Waals surface area contributed by atoms with Crippen LogP contribution in [0.25, 0.3) is 0 Å². The summed E-state index contributed by atoms with van der Waals surface area (Å²) >= 11 is 0. The van der Waals surface area contributed by atoms with Gasteiger partial charge >= 0.3 is 0 Å². The number of hydrogen-bond donors (Lipinski definition) is 1. The standard InChI is InChI=1S/C14H26N2/c1-4-11-16(14(5-2)6-3)12-13-7-9-15-10-8-13/h2,13-15H,4,6-12H2,1,3H3. The molecule has 1 rings (SSSR count). The molecule has 0 aromatic carbocycles. The molecule has 1 aliphatic rings. The number of hydrogen-bond acceptors (Lipinski definition) is 2. The molecule has 0 saturated carbocycles. The Morgan fingerprint density at radius 3 is 2.56 bits per heavy atom. The van der Waals surface area contributed by atoms with E-state index < -0.39 is 0 Å². The summed E-state index contributed by atoms with van der Waals surface area (Å²) in [4.78, 5) is 2.51. The molecule has 1 heterocycles.